The van der Waals surface area contributed by atoms with Crippen molar-refractivity contribution in [2.75, 3.05) is 16.2 Å². The Morgan fingerprint density at radius 3 is 2.35 bits per heavy atom. The minimum absolute atomic E-state index is 0.0720. The lowest BCUT2D eigenvalue weighted by molar-refractivity contribution is 0.414. The fraction of sp³-hybridized carbons (Fsp3) is 0.182. The van der Waals surface area contributed by atoms with Gasteiger partial charge in [-0.2, -0.15) is 0 Å². The Hall–Kier alpha value is -3.59. The van der Waals surface area contributed by atoms with Crippen molar-refractivity contribution in [3.63, 3.8) is 0 Å². The molecule has 4 rings (SSSR count). The van der Waals surface area contributed by atoms with E-state index in [-0.39, 0.29) is 16.3 Å². The van der Waals surface area contributed by atoms with Crippen LogP contribution in [0.5, 0.6) is 0 Å². The lowest BCUT2D eigenvalue weighted by Crippen LogP contribution is -2.23. The first-order valence-corrected chi connectivity index (χ1v) is 11.2. The first-order chi connectivity index (χ1) is 14.6. The number of nitrogens with one attached hydrogen (secondary N) is 1. The second-order valence-corrected chi connectivity index (χ2v) is 9.91. The van der Waals surface area contributed by atoms with Crippen LogP contribution in [0.25, 0.3) is 22.2 Å². The SMILES string of the molecule is CC(C)(C)n1c(N)nc2ccc(-c3cnc(N)c(S(=O)(=O)Nc4ccccc4)c3)cc21. The Labute approximate surface area is 181 Å². The second-order valence-electron chi connectivity index (χ2n) is 8.26. The number of anilines is 3. The van der Waals surface area contributed by atoms with Crippen LogP contribution in [0.1, 0.15) is 20.8 Å². The van der Waals surface area contributed by atoms with Crippen LogP contribution in [-0.4, -0.2) is 23.0 Å². The number of aromatic nitrogens is 3. The van der Waals surface area contributed by atoms with Crippen LogP contribution in [-0.2, 0) is 15.6 Å². The molecule has 160 valence electrons. The van der Waals surface area contributed by atoms with Gasteiger partial charge in [0.1, 0.15) is 10.7 Å². The van der Waals surface area contributed by atoms with E-state index in [9.17, 15) is 8.42 Å². The number of benzene rings is 2. The van der Waals surface area contributed by atoms with Crippen molar-refractivity contribution in [2.24, 2.45) is 0 Å². The molecule has 0 atom stereocenters. The number of nitrogens with zero attached hydrogens (tertiary/aromatic N) is 3. The molecule has 8 nitrogen and oxygen atoms in total. The van der Waals surface area contributed by atoms with Crippen molar-refractivity contribution in [3.8, 4) is 11.1 Å². The van der Waals surface area contributed by atoms with Crippen LogP contribution in [0.3, 0.4) is 0 Å². The summed E-state index contributed by atoms with van der Waals surface area (Å²) in [6, 6.07) is 15.8. The van der Waals surface area contributed by atoms with E-state index in [1.54, 1.807) is 36.5 Å². The first-order valence-electron chi connectivity index (χ1n) is 9.68. The first kappa shape index (κ1) is 20.7. The summed E-state index contributed by atoms with van der Waals surface area (Å²) in [5.74, 6) is 0.350. The van der Waals surface area contributed by atoms with Gasteiger partial charge in [-0.25, -0.2) is 18.4 Å². The molecule has 0 aliphatic carbocycles. The normalized spacial score (nSPS) is 12.2. The van der Waals surface area contributed by atoms with Gasteiger partial charge >= 0.3 is 0 Å². The van der Waals surface area contributed by atoms with E-state index >= 15 is 0 Å². The molecule has 0 amide bonds. The summed E-state index contributed by atoms with van der Waals surface area (Å²) < 4.78 is 30.4. The molecule has 0 fully saturated rings. The summed E-state index contributed by atoms with van der Waals surface area (Å²) in [6.07, 6.45) is 1.55. The van der Waals surface area contributed by atoms with Gasteiger partial charge in [0.2, 0.25) is 5.95 Å². The molecule has 5 N–H and O–H groups in total. The van der Waals surface area contributed by atoms with Crippen LogP contribution in [0.2, 0.25) is 0 Å². The summed E-state index contributed by atoms with van der Waals surface area (Å²) in [5.41, 5.74) is 15.2. The van der Waals surface area contributed by atoms with Gasteiger partial charge in [0.15, 0.2) is 0 Å². The molecule has 0 saturated heterocycles. The average Bonchev–Trinajstić information content (AvgIpc) is 3.03. The van der Waals surface area contributed by atoms with Crippen molar-refractivity contribution >= 4 is 38.5 Å². The summed E-state index contributed by atoms with van der Waals surface area (Å²) in [4.78, 5) is 8.48. The highest BCUT2D eigenvalue weighted by molar-refractivity contribution is 7.92. The lowest BCUT2D eigenvalue weighted by atomic mass is 10.1. The largest absolute Gasteiger partial charge is 0.383 e. The third-order valence-corrected chi connectivity index (χ3v) is 6.29. The standard InChI is InChI=1S/C22H24N6O2S/c1-22(2,3)28-18-11-14(9-10-17(18)26-21(28)24)15-12-19(20(23)25-13-15)31(29,30)27-16-7-5-4-6-8-16/h4-13,27H,1-3H3,(H2,23,25)(H2,24,26). The van der Waals surface area contributed by atoms with Gasteiger partial charge in [-0.05, 0) is 56.7 Å². The number of hydrogen-bond donors (Lipinski definition) is 3. The third-order valence-electron chi connectivity index (χ3n) is 4.88. The maximum atomic E-state index is 12.9. The van der Waals surface area contributed by atoms with Crippen LogP contribution in [0.15, 0.2) is 65.7 Å². The number of pyridine rings is 1. The maximum absolute atomic E-state index is 12.9. The molecule has 2 heterocycles. The Bertz CT molecular complexity index is 1370. The molecule has 0 aliphatic heterocycles. The van der Waals surface area contributed by atoms with E-state index in [0.29, 0.717) is 17.2 Å². The predicted molar refractivity (Wildman–Crippen MR) is 124 cm³/mol. The molecule has 0 unspecified atom stereocenters. The van der Waals surface area contributed by atoms with Gasteiger partial charge in [-0.1, -0.05) is 24.3 Å². The fourth-order valence-corrected chi connectivity index (χ4v) is 4.69. The summed E-state index contributed by atoms with van der Waals surface area (Å²) in [7, 11) is -3.92. The maximum Gasteiger partial charge on any atom is 0.265 e. The van der Waals surface area contributed by atoms with Crippen molar-refractivity contribution in [2.45, 2.75) is 31.2 Å². The van der Waals surface area contributed by atoms with E-state index < -0.39 is 10.0 Å². The zero-order valence-corrected chi connectivity index (χ0v) is 18.3. The van der Waals surface area contributed by atoms with Crippen LogP contribution in [0.4, 0.5) is 17.5 Å². The van der Waals surface area contributed by atoms with E-state index in [2.05, 4.69) is 14.7 Å². The number of sulfonamides is 1. The Morgan fingerprint density at radius 1 is 0.968 bits per heavy atom. The van der Waals surface area contributed by atoms with Gasteiger partial charge in [-0.15, -0.1) is 0 Å². The van der Waals surface area contributed by atoms with E-state index in [1.807, 2.05) is 43.5 Å². The van der Waals surface area contributed by atoms with E-state index in [1.165, 1.54) is 6.07 Å². The summed E-state index contributed by atoms with van der Waals surface area (Å²) >= 11 is 0. The van der Waals surface area contributed by atoms with E-state index in [0.717, 1.165) is 16.6 Å². The second kappa shape index (κ2) is 7.28. The number of fused-ring (bicyclic) bond motifs is 1. The summed E-state index contributed by atoms with van der Waals surface area (Å²) in [6.45, 7) is 6.13. The minimum Gasteiger partial charge on any atom is -0.383 e. The highest BCUT2D eigenvalue weighted by atomic mass is 32.2. The van der Waals surface area contributed by atoms with E-state index in [4.69, 9.17) is 11.5 Å². The molecule has 0 spiro atoms. The molecule has 2 aromatic heterocycles. The van der Waals surface area contributed by atoms with Gasteiger partial charge in [0.05, 0.1) is 11.0 Å². The quantitative estimate of drug-likeness (QED) is 0.446. The molecule has 4 aromatic rings. The van der Waals surface area contributed by atoms with Crippen molar-refractivity contribution in [1.82, 2.24) is 14.5 Å². The molecule has 2 aromatic carbocycles. The number of imidazole rings is 1. The fourth-order valence-electron chi connectivity index (χ4n) is 3.52. The molecule has 31 heavy (non-hydrogen) atoms. The van der Waals surface area contributed by atoms with Gasteiger partial charge in [0.25, 0.3) is 10.0 Å². The molecule has 0 radical (unpaired) electrons. The number of nitrogens with two attached hydrogens (primary N) is 2. The number of hydrogen-bond acceptors (Lipinski definition) is 6. The summed E-state index contributed by atoms with van der Waals surface area (Å²) in [5, 5.41) is 0. The van der Waals surface area contributed by atoms with Gasteiger partial charge in [-0.3, -0.25) is 4.72 Å². The van der Waals surface area contributed by atoms with Crippen molar-refractivity contribution in [1.29, 1.82) is 0 Å². The molecular weight excluding hydrogens is 412 g/mol. The Kier molecular flexibility index (Phi) is 4.85. The average molecular weight is 437 g/mol. The highest BCUT2D eigenvalue weighted by Crippen LogP contribution is 2.32. The van der Waals surface area contributed by atoms with Crippen LogP contribution < -0.4 is 16.2 Å². The smallest absolute Gasteiger partial charge is 0.265 e. The highest BCUT2D eigenvalue weighted by Gasteiger charge is 2.22. The van der Waals surface area contributed by atoms with Crippen molar-refractivity contribution in [3.05, 3.63) is 60.8 Å². The molecule has 0 aliphatic rings. The van der Waals surface area contributed by atoms with Crippen LogP contribution >= 0.6 is 0 Å². The molecule has 9 heteroatoms. The number of rotatable bonds is 4. The van der Waals surface area contributed by atoms with Gasteiger partial charge in [0, 0.05) is 23.0 Å². The molecule has 0 saturated carbocycles. The molecular formula is C22H24N6O2S. The minimum atomic E-state index is -3.92. The monoisotopic (exact) mass is 436 g/mol. The Balaban J connectivity index is 1.80. The number of para-hydroxylation sites is 1. The van der Waals surface area contributed by atoms with Crippen molar-refractivity contribution < 1.29 is 8.42 Å². The predicted octanol–water partition coefficient (Wildman–Crippen LogP) is 3.82. The lowest BCUT2D eigenvalue weighted by Gasteiger charge is -2.23. The number of nitrogen functional groups attached to an aromatic ring is 2. The zero-order chi connectivity index (χ0) is 22.4. The molecule has 0 bridgehead atoms. The Morgan fingerprint density at radius 2 is 1.68 bits per heavy atom. The third kappa shape index (κ3) is 3.91. The zero-order valence-electron chi connectivity index (χ0n) is 17.5. The topological polar surface area (TPSA) is 129 Å². The van der Waals surface area contributed by atoms with Gasteiger partial charge < -0.3 is 16.0 Å². The van der Waals surface area contributed by atoms with Crippen LogP contribution in [0, 0.1) is 0 Å².